The van der Waals surface area contributed by atoms with Gasteiger partial charge in [-0.15, -0.1) is 5.11 Å². The highest BCUT2D eigenvalue weighted by atomic mass is 16.5. The number of nitrogens with zero attached hydrogens (tertiary/aromatic N) is 5. The quantitative estimate of drug-likeness (QED) is 0.578. The van der Waals surface area contributed by atoms with Crippen LogP contribution < -0.4 is 16.3 Å². The van der Waals surface area contributed by atoms with E-state index in [2.05, 4.69) is 31.0 Å². The van der Waals surface area contributed by atoms with Gasteiger partial charge in [-0.2, -0.15) is 4.98 Å². The van der Waals surface area contributed by atoms with Gasteiger partial charge in [0.1, 0.15) is 23.5 Å². The molecule has 2 aromatic rings. The van der Waals surface area contributed by atoms with E-state index in [1.54, 1.807) is 30.0 Å². The molecule has 0 bridgehead atoms. The number of amides is 1. The molecule has 0 spiro atoms. The fourth-order valence-corrected chi connectivity index (χ4v) is 3.77. The summed E-state index contributed by atoms with van der Waals surface area (Å²) in [6.45, 7) is 2.10. The number of carbonyl (C=O) groups is 1. The Morgan fingerprint density at radius 2 is 2.10 bits per heavy atom. The standard InChI is InChI=1S/C20H23N7O3/c1-12-15-10-16(18(28)25-26-24-13-6-5-9-30-11-13)19(29)27(14-7-3-4-8-14)17(15)23-20(21-2)22-12/h5-6,9-10,14H,3-4,7-8,11H2,1-2H3,(H,21,22,23)(H,24,25,28). The summed E-state index contributed by atoms with van der Waals surface area (Å²) in [5.74, 6) is -0.184. The van der Waals surface area contributed by atoms with E-state index in [4.69, 9.17) is 4.74 Å². The summed E-state index contributed by atoms with van der Waals surface area (Å²) in [6.07, 6.45) is 8.78. The van der Waals surface area contributed by atoms with Crippen molar-refractivity contribution in [2.24, 2.45) is 10.3 Å². The number of hydrogen-bond acceptors (Lipinski definition) is 8. The zero-order valence-corrected chi connectivity index (χ0v) is 16.9. The summed E-state index contributed by atoms with van der Waals surface area (Å²) in [5, 5.41) is 11.2. The first-order valence-corrected chi connectivity index (χ1v) is 9.88. The van der Waals surface area contributed by atoms with Gasteiger partial charge in [0.15, 0.2) is 0 Å². The van der Waals surface area contributed by atoms with Crippen molar-refractivity contribution in [1.29, 1.82) is 0 Å². The number of carbonyl (C=O) groups excluding carboxylic acids is 1. The number of hydrogen-bond donors (Lipinski definition) is 2. The summed E-state index contributed by atoms with van der Waals surface area (Å²) < 4.78 is 6.75. The molecule has 0 aromatic carbocycles. The molecule has 1 aliphatic heterocycles. The van der Waals surface area contributed by atoms with Crippen LogP contribution in [0.25, 0.3) is 11.0 Å². The molecule has 10 heteroatoms. The minimum atomic E-state index is -0.623. The molecular formula is C20H23N7O3. The Bertz CT molecular complexity index is 1130. The van der Waals surface area contributed by atoms with Crippen molar-refractivity contribution in [2.75, 3.05) is 19.0 Å². The summed E-state index contributed by atoms with van der Waals surface area (Å²) in [6, 6.07) is 1.54. The summed E-state index contributed by atoms with van der Waals surface area (Å²) in [4.78, 5) is 35.0. The smallest absolute Gasteiger partial charge is 0.278 e. The van der Waals surface area contributed by atoms with E-state index in [-0.39, 0.29) is 23.8 Å². The fraction of sp³-hybridized carbons (Fsp3) is 0.400. The number of allylic oxidation sites excluding steroid dienone is 2. The van der Waals surface area contributed by atoms with Crippen LogP contribution in [0.3, 0.4) is 0 Å². The minimum Gasteiger partial charge on any atom is -0.495 e. The second-order valence-corrected chi connectivity index (χ2v) is 7.23. The second kappa shape index (κ2) is 8.44. The Morgan fingerprint density at radius 3 is 2.80 bits per heavy atom. The third kappa shape index (κ3) is 3.80. The number of pyridine rings is 1. The Labute approximate surface area is 172 Å². The summed E-state index contributed by atoms with van der Waals surface area (Å²) in [5.41, 5.74) is 3.73. The number of aryl methyl sites for hydroxylation is 1. The normalized spacial score (nSPS) is 16.7. The largest absolute Gasteiger partial charge is 0.495 e. The van der Waals surface area contributed by atoms with E-state index in [0.29, 0.717) is 28.4 Å². The highest BCUT2D eigenvalue weighted by Crippen LogP contribution is 2.31. The number of anilines is 1. The third-order valence-electron chi connectivity index (χ3n) is 5.26. The number of aromatic nitrogens is 3. The molecule has 0 atom stereocenters. The van der Waals surface area contributed by atoms with Crippen LogP contribution in [-0.4, -0.2) is 34.1 Å². The molecule has 1 saturated carbocycles. The van der Waals surface area contributed by atoms with Crippen LogP contribution in [0.1, 0.15) is 47.8 Å². The predicted molar refractivity (Wildman–Crippen MR) is 111 cm³/mol. The van der Waals surface area contributed by atoms with E-state index in [1.165, 1.54) is 6.07 Å². The van der Waals surface area contributed by atoms with Crippen molar-refractivity contribution in [2.45, 2.75) is 38.6 Å². The zero-order chi connectivity index (χ0) is 21.1. The Morgan fingerprint density at radius 1 is 1.30 bits per heavy atom. The first-order valence-electron chi connectivity index (χ1n) is 9.88. The molecule has 0 radical (unpaired) electrons. The topological polar surface area (TPSA) is 123 Å². The van der Waals surface area contributed by atoms with E-state index in [9.17, 15) is 9.59 Å². The first kappa shape index (κ1) is 19.7. The molecule has 30 heavy (non-hydrogen) atoms. The Hall–Kier alpha value is -3.56. The van der Waals surface area contributed by atoms with Gasteiger partial charge in [0, 0.05) is 18.5 Å². The van der Waals surface area contributed by atoms with Gasteiger partial charge in [-0.25, -0.2) is 10.4 Å². The lowest BCUT2D eigenvalue weighted by Crippen LogP contribution is -2.33. The van der Waals surface area contributed by atoms with Gasteiger partial charge in [0.2, 0.25) is 5.95 Å². The highest BCUT2D eigenvalue weighted by Gasteiger charge is 2.25. The summed E-state index contributed by atoms with van der Waals surface area (Å²) in [7, 11) is 1.73. The molecule has 2 aliphatic rings. The van der Waals surface area contributed by atoms with Gasteiger partial charge in [-0.3, -0.25) is 14.2 Å². The molecule has 0 unspecified atom stereocenters. The van der Waals surface area contributed by atoms with Crippen LogP contribution >= 0.6 is 0 Å². The van der Waals surface area contributed by atoms with Gasteiger partial charge < -0.3 is 10.1 Å². The molecule has 1 aliphatic carbocycles. The lowest BCUT2D eigenvalue weighted by atomic mass is 10.1. The van der Waals surface area contributed by atoms with Crippen LogP contribution in [0.4, 0.5) is 5.95 Å². The monoisotopic (exact) mass is 409 g/mol. The van der Waals surface area contributed by atoms with Crippen molar-refractivity contribution >= 4 is 22.9 Å². The van der Waals surface area contributed by atoms with E-state index in [1.807, 2.05) is 6.92 Å². The van der Waals surface area contributed by atoms with Crippen molar-refractivity contribution in [1.82, 2.24) is 20.0 Å². The second-order valence-electron chi connectivity index (χ2n) is 7.23. The molecular weight excluding hydrogens is 386 g/mol. The van der Waals surface area contributed by atoms with Crippen molar-refractivity contribution < 1.29 is 9.53 Å². The average Bonchev–Trinajstić information content (AvgIpc) is 3.28. The number of nitrogens with one attached hydrogen (secondary N) is 2. The van der Waals surface area contributed by atoms with Crippen LogP contribution in [0.15, 0.2) is 45.3 Å². The van der Waals surface area contributed by atoms with Crippen molar-refractivity contribution in [3.63, 3.8) is 0 Å². The van der Waals surface area contributed by atoms with Gasteiger partial charge in [-0.1, -0.05) is 18.1 Å². The van der Waals surface area contributed by atoms with E-state index < -0.39 is 5.91 Å². The first-order chi connectivity index (χ1) is 14.6. The maximum Gasteiger partial charge on any atom is 0.278 e. The van der Waals surface area contributed by atoms with Gasteiger partial charge in [0.25, 0.3) is 11.5 Å². The zero-order valence-electron chi connectivity index (χ0n) is 16.9. The van der Waals surface area contributed by atoms with Crippen molar-refractivity contribution in [3.8, 4) is 0 Å². The lowest BCUT2D eigenvalue weighted by Gasteiger charge is -2.18. The van der Waals surface area contributed by atoms with Gasteiger partial charge >= 0.3 is 0 Å². The molecule has 2 aromatic heterocycles. The van der Waals surface area contributed by atoms with Crippen LogP contribution in [0.5, 0.6) is 0 Å². The minimum absolute atomic E-state index is 0.00436. The maximum atomic E-state index is 13.3. The predicted octanol–water partition coefficient (Wildman–Crippen LogP) is 2.78. The number of rotatable bonds is 5. The van der Waals surface area contributed by atoms with Crippen LogP contribution in [-0.2, 0) is 4.74 Å². The van der Waals surface area contributed by atoms with Crippen molar-refractivity contribution in [3.05, 3.63) is 51.8 Å². The Balaban J connectivity index is 1.75. The van der Waals surface area contributed by atoms with Crippen LogP contribution in [0.2, 0.25) is 0 Å². The van der Waals surface area contributed by atoms with E-state index in [0.717, 1.165) is 25.7 Å². The van der Waals surface area contributed by atoms with Gasteiger partial charge in [-0.05, 0) is 38.0 Å². The molecule has 3 heterocycles. The SMILES string of the molecule is CNc1nc(C)c2cc(C(=O)NN=NC3=CC=COC3)c(=O)n(C3CCCC3)c2n1. The molecule has 1 amide bonds. The highest BCUT2D eigenvalue weighted by molar-refractivity contribution is 5.97. The molecule has 4 rings (SSSR count). The molecule has 0 saturated heterocycles. The molecule has 2 N–H and O–H groups in total. The third-order valence-corrected chi connectivity index (χ3v) is 5.26. The maximum absolute atomic E-state index is 13.3. The van der Waals surface area contributed by atoms with Gasteiger partial charge in [0.05, 0.1) is 12.0 Å². The molecule has 1 fully saturated rings. The average molecular weight is 409 g/mol. The summed E-state index contributed by atoms with van der Waals surface area (Å²) >= 11 is 0. The molecule has 156 valence electrons. The Kier molecular flexibility index (Phi) is 5.55. The fourth-order valence-electron chi connectivity index (χ4n) is 3.77. The number of ether oxygens (including phenoxy) is 1. The molecule has 10 nitrogen and oxygen atoms in total. The van der Waals surface area contributed by atoms with Crippen LogP contribution in [0, 0.1) is 6.92 Å². The lowest BCUT2D eigenvalue weighted by molar-refractivity contribution is 0.0949. The van der Waals surface area contributed by atoms with E-state index >= 15 is 0 Å². The number of fused-ring (bicyclic) bond motifs is 1.